The Morgan fingerprint density at radius 3 is 2.31 bits per heavy atom. The predicted octanol–water partition coefficient (Wildman–Crippen LogP) is 1.85. The smallest absolute Gasteiger partial charge is 0.310 e. The lowest BCUT2D eigenvalue weighted by atomic mass is 10.3. The number of carbonyl (C=O) groups is 2. The van der Waals surface area contributed by atoms with Crippen LogP contribution in [-0.4, -0.2) is 23.1 Å². The summed E-state index contributed by atoms with van der Waals surface area (Å²) in [5, 5.41) is 9.43. The molecule has 0 aromatic heterocycles. The number of rotatable bonds is 6. The molecular formula is C11H16O5. The molecule has 0 fully saturated rings. The number of aliphatic hydroxyl groups is 1. The summed E-state index contributed by atoms with van der Waals surface area (Å²) >= 11 is 0. The van der Waals surface area contributed by atoms with Crippen LogP contribution >= 0.6 is 0 Å². The van der Waals surface area contributed by atoms with Gasteiger partial charge in [0.15, 0.2) is 11.9 Å². The lowest BCUT2D eigenvalue weighted by molar-refractivity contribution is -0.146. The Balaban J connectivity index is 4.40. The average Bonchev–Trinajstić information content (AvgIpc) is 2.31. The minimum Gasteiger partial charge on any atom is -0.505 e. The number of carbonyl (C=O) groups excluding carboxylic acids is 2. The van der Waals surface area contributed by atoms with Crippen molar-refractivity contribution in [1.82, 2.24) is 0 Å². The van der Waals surface area contributed by atoms with Crippen molar-refractivity contribution in [3.05, 3.63) is 24.7 Å². The van der Waals surface area contributed by atoms with E-state index in [1.54, 1.807) is 13.8 Å². The van der Waals surface area contributed by atoms with Crippen LogP contribution in [0.1, 0.15) is 26.7 Å². The lowest BCUT2D eigenvalue weighted by Gasteiger charge is -2.12. The first-order chi connectivity index (χ1) is 7.54. The van der Waals surface area contributed by atoms with Crippen molar-refractivity contribution in [3.63, 3.8) is 0 Å². The molecule has 1 unspecified atom stereocenters. The van der Waals surface area contributed by atoms with Crippen LogP contribution in [0, 0.1) is 0 Å². The maximum atomic E-state index is 11.0. The summed E-state index contributed by atoms with van der Waals surface area (Å²) in [6.45, 7) is 6.64. The third-order valence-corrected chi connectivity index (χ3v) is 1.65. The van der Waals surface area contributed by atoms with Crippen LogP contribution in [0.15, 0.2) is 24.7 Å². The number of ether oxygens (including phenoxy) is 2. The van der Waals surface area contributed by atoms with Crippen molar-refractivity contribution in [2.24, 2.45) is 0 Å². The molecule has 0 amide bonds. The van der Waals surface area contributed by atoms with Gasteiger partial charge in [0.2, 0.25) is 0 Å². The van der Waals surface area contributed by atoms with Gasteiger partial charge in [-0.2, -0.15) is 0 Å². The quantitative estimate of drug-likeness (QED) is 0.426. The van der Waals surface area contributed by atoms with E-state index in [0.29, 0.717) is 0 Å². The topological polar surface area (TPSA) is 72.8 Å². The molecular weight excluding hydrogens is 212 g/mol. The minimum atomic E-state index is -0.989. The maximum Gasteiger partial charge on any atom is 0.310 e. The van der Waals surface area contributed by atoms with Gasteiger partial charge in [0.05, 0.1) is 0 Å². The van der Waals surface area contributed by atoms with Crippen molar-refractivity contribution in [3.8, 4) is 0 Å². The molecule has 0 heterocycles. The van der Waals surface area contributed by atoms with E-state index in [0.717, 1.165) is 6.26 Å². The van der Waals surface area contributed by atoms with Crippen LogP contribution in [0.25, 0.3) is 0 Å². The van der Waals surface area contributed by atoms with E-state index >= 15 is 0 Å². The minimum absolute atomic E-state index is 0.187. The van der Waals surface area contributed by atoms with E-state index in [9.17, 15) is 14.7 Å². The standard InChI is InChI=1S/C11H16O5/c1-4-9(16-11(14)6-3)8(12)7-15-10(13)5-2/h4,7,9,12H,1,5-6H2,2-3H3. The van der Waals surface area contributed by atoms with E-state index in [1.807, 2.05) is 0 Å². The molecule has 1 N–H and O–H groups in total. The molecule has 0 spiro atoms. The molecule has 0 radical (unpaired) electrons. The molecule has 0 aliphatic heterocycles. The van der Waals surface area contributed by atoms with Crippen LogP contribution < -0.4 is 0 Å². The third-order valence-electron chi connectivity index (χ3n) is 1.65. The van der Waals surface area contributed by atoms with Gasteiger partial charge in [0.1, 0.15) is 6.26 Å². The van der Waals surface area contributed by atoms with Gasteiger partial charge < -0.3 is 14.6 Å². The van der Waals surface area contributed by atoms with Crippen molar-refractivity contribution in [1.29, 1.82) is 0 Å². The summed E-state index contributed by atoms with van der Waals surface area (Å²) in [5.74, 6) is -1.35. The molecule has 0 saturated heterocycles. The summed E-state index contributed by atoms with van der Waals surface area (Å²) in [5.41, 5.74) is 0. The molecule has 90 valence electrons. The molecule has 0 bridgehead atoms. The largest absolute Gasteiger partial charge is 0.505 e. The number of aliphatic hydroxyl groups excluding tert-OH is 1. The highest BCUT2D eigenvalue weighted by atomic mass is 16.6. The molecule has 0 aromatic rings. The van der Waals surface area contributed by atoms with Crippen LogP contribution in [0.3, 0.4) is 0 Å². The fraction of sp³-hybridized carbons (Fsp3) is 0.455. The highest BCUT2D eigenvalue weighted by molar-refractivity contribution is 5.70. The monoisotopic (exact) mass is 228 g/mol. The zero-order valence-corrected chi connectivity index (χ0v) is 9.43. The predicted molar refractivity (Wildman–Crippen MR) is 57.5 cm³/mol. The zero-order valence-electron chi connectivity index (χ0n) is 9.43. The highest BCUT2D eigenvalue weighted by Crippen LogP contribution is 2.07. The van der Waals surface area contributed by atoms with Gasteiger partial charge in [-0.05, 0) is 6.08 Å². The molecule has 1 atom stereocenters. The average molecular weight is 228 g/mol. The van der Waals surface area contributed by atoms with Crippen molar-refractivity contribution >= 4 is 11.9 Å². The molecule has 16 heavy (non-hydrogen) atoms. The zero-order chi connectivity index (χ0) is 12.6. The van der Waals surface area contributed by atoms with Crippen LogP contribution in [0.5, 0.6) is 0 Å². The number of esters is 2. The first kappa shape index (κ1) is 14.2. The van der Waals surface area contributed by atoms with E-state index < -0.39 is 18.0 Å². The summed E-state index contributed by atoms with van der Waals surface area (Å²) in [4.78, 5) is 21.8. The molecule has 0 aliphatic rings. The third kappa shape index (κ3) is 5.19. The Kier molecular flexibility index (Phi) is 6.67. The van der Waals surface area contributed by atoms with E-state index in [4.69, 9.17) is 4.74 Å². The summed E-state index contributed by atoms with van der Waals surface area (Å²) in [7, 11) is 0. The van der Waals surface area contributed by atoms with Crippen molar-refractivity contribution in [2.75, 3.05) is 0 Å². The maximum absolute atomic E-state index is 11.0. The van der Waals surface area contributed by atoms with Crippen molar-refractivity contribution < 1.29 is 24.2 Å². The van der Waals surface area contributed by atoms with Crippen molar-refractivity contribution in [2.45, 2.75) is 32.8 Å². The second kappa shape index (κ2) is 7.50. The van der Waals surface area contributed by atoms with E-state index in [1.165, 1.54) is 6.08 Å². The van der Waals surface area contributed by atoms with Gasteiger partial charge in [0.25, 0.3) is 0 Å². The molecule has 0 aromatic carbocycles. The Bertz CT molecular complexity index is 293. The molecule has 0 aliphatic carbocycles. The van der Waals surface area contributed by atoms with Crippen LogP contribution in [0.2, 0.25) is 0 Å². The highest BCUT2D eigenvalue weighted by Gasteiger charge is 2.14. The van der Waals surface area contributed by atoms with Crippen LogP contribution in [-0.2, 0) is 19.1 Å². The van der Waals surface area contributed by atoms with Gasteiger partial charge in [-0.25, -0.2) is 0 Å². The summed E-state index contributed by atoms with van der Waals surface area (Å²) < 4.78 is 9.37. The Morgan fingerprint density at radius 1 is 1.31 bits per heavy atom. The fourth-order valence-electron chi connectivity index (χ4n) is 0.731. The van der Waals surface area contributed by atoms with Gasteiger partial charge in [-0.15, -0.1) is 0 Å². The van der Waals surface area contributed by atoms with Gasteiger partial charge in [-0.3, -0.25) is 9.59 Å². The second-order valence-corrected chi connectivity index (χ2v) is 2.89. The lowest BCUT2D eigenvalue weighted by Crippen LogP contribution is -2.18. The van der Waals surface area contributed by atoms with E-state index in [-0.39, 0.29) is 18.6 Å². The van der Waals surface area contributed by atoms with Gasteiger partial charge >= 0.3 is 11.9 Å². The van der Waals surface area contributed by atoms with Crippen LogP contribution in [0.4, 0.5) is 0 Å². The summed E-state index contributed by atoms with van der Waals surface area (Å²) in [6.07, 6.45) is 1.47. The number of hydrogen-bond donors (Lipinski definition) is 1. The Labute approximate surface area is 94.4 Å². The fourth-order valence-corrected chi connectivity index (χ4v) is 0.731. The molecule has 0 saturated carbocycles. The Hall–Kier alpha value is -1.78. The van der Waals surface area contributed by atoms with E-state index in [2.05, 4.69) is 11.3 Å². The first-order valence-corrected chi connectivity index (χ1v) is 4.95. The molecule has 5 heteroatoms. The summed E-state index contributed by atoms with van der Waals surface area (Å²) in [6, 6.07) is 0. The Morgan fingerprint density at radius 2 is 1.88 bits per heavy atom. The molecule has 0 rings (SSSR count). The van der Waals surface area contributed by atoms with Gasteiger partial charge in [0, 0.05) is 12.8 Å². The SMILES string of the molecule is C=CC(OC(=O)CC)C(O)=COC(=O)CC. The molecule has 5 nitrogen and oxygen atoms in total. The second-order valence-electron chi connectivity index (χ2n) is 2.89. The normalized spacial score (nSPS) is 12.8. The van der Waals surface area contributed by atoms with Gasteiger partial charge in [-0.1, -0.05) is 20.4 Å². The number of hydrogen-bond acceptors (Lipinski definition) is 5. The first-order valence-electron chi connectivity index (χ1n) is 4.95.